The van der Waals surface area contributed by atoms with Crippen LogP contribution in [-0.4, -0.2) is 36.1 Å². The number of rotatable bonds is 10. The Morgan fingerprint density at radius 1 is 0.935 bits per heavy atom. The molecule has 0 saturated carbocycles. The third kappa shape index (κ3) is 8.34. The number of ether oxygens (including phenoxy) is 1. The quantitative estimate of drug-likeness (QED) is 0.0880. The second-order valence-electron chi connectivity index (χ2n) is 10.6. The maximum atomic E-state index is 13.5. The van der Waals surface area contributed by atoms with Crippen LogP contribution in [0.2, 0.25) is 0 Å². The van der Waals surface area contributed by atoms with Crippen molar-refractivity contribution in [3.8, 4) is 0 Å². The van der Waals surface area contributed by atoms with Crippen LogP contribution in [0, 0.1) is 0 Å². The van der Waals surface area contributed by atoms with E-state index in [9.17, 15) is 19.2 Å². The summed E-state index contributed by atoms with van der Waals surface area (Å²) in [5, 5.41) is 8.60. The first-order chi connectivity index (χ1) is 22.2. The van der Waals surface area contributed by atoms with Crippen molar-refractivity contribution in [2.24, 2.45) is 0 Å². The molecule has 0 spiro atoms. The highest BCUT2D eigenvalue weighted by Crippen LogP contribution is 2.39. The van der Waals surface area contributed by atoms with E-state index >= 15 is 0 Å². The number of carbonyl (C=O) groups excluding carboxylic acids is 4. The van der Waals surface area contributed by atoms with Gasteiger partial charge in [-0.3, -0.25) is 14.4 Å². The van der Waals surface area contributed by atoms with E-state index in [0.717, 1.165) is 51.1 Å². The summed E-state index contributed by atoms with van der Waals surface area (Å²) < 4.78 is 5.92. The first-order valence-electron chi connectivity index (χ1n) is 14.7. The van der Waals surface area contributed by atoms with E-state index in [1.165, 1.54) is 30.2 Å². The largest absolute Gasteiger partial charge is 0.465 e. The molecule has 5 rings (SSSR count). The van der Waals surface area contributed by atoms with Gasteiger partial charge in [-0.15, -0.1) is 23.1 Å². The van der Waals surface area contributed by atoms with Gasteiger partial charge < -0.3 is 20.7 Å². The summed E-state index contributed by atoms with van der Waals surface area (Å²) in [6.07, 6.45) is 5.35. The van der Waals surface area contributed by atoms with Crippen LogP contribution in [0.4, 0.5) is 10.7 Å². The van der Waals surface area contributed by atoms with Crippen molar-refractivity contribution >= 4 is 79.5 Å². The van der Waals surface area contributed by atoms with Gasteiger partial charge in [-0.2, -0.15) is 0 Å². The summed E-state index contributed by atoms with van der Waals surface area (Å²) in [4.78, 5) is 54.2. The molecule has 8 nitrogen and oxygen atoms in total. The molecule has 0 aliphatic heterocycles. The molecule has 3 amide bonds. The first-order valence-corrected chi connectivity index (χ1v) is 17.2. The second kappa shape index (κ2) is 15.4. The zero-order valence-electron chi connectivity index (χ0n) is 25.2. The van der Waals surface area contributed by atoms with Crippen LogP contribution >= 0.6 is 39.0 Å². The van der Waals surface area contributed by atoms with Gasteiger partial charge in [-0.05, 0) is 92.3 Å². The summed E-state index contributed by atoms with van der Waals surface area (Å²) in [5.41, 5.74) is 3.16. The molecule has 1 aliphatic rings. The summed E-state index contributed by atoms with van der Waals surface area (Å²) in [5.74, 6) is -1.60. The van der Waals surface area contributed by atoms with Gasteiger partial charge in [-0.1, -0.05) is 52.3 Å². The normalized spacial score (nSPS) is 13.2. The number of anilines is 2. The van der Waals surface area contributed by atoms with E-state index in [1.54, 1.807) is 55.5 Å². The summed E-state index contributed by atoms with van der Waals surface area (Å²) >= 11 is 6.18. The van der Waals surface area contributed by atoms with Crippen LogP contribution < -0.4 is 16.0 Å². The molecule has 3 N–H and O–H groups in total. The molecule has 11 heteroatoms. The number of benzene rings is 3. The number of carbonyl (C=O) groups is 4. The van der Waals surface area contributed by atoms with Gasteiger partial charge in [0.2, 0.25) is 5.91 Å². The van der Waals surface area contributed by atoms with Crippen molar-refractivity contribution in [3.63, 3.8) is 0 Å². The van der Waals surface area contributed by atoms with E-state index in [4.69, 9.17) is 4.74 Å². The molecule has 1 aromatic heterocycles. The SMILES string of the molecule is COC(=O)c1c(NC(=O)C(C)Sc2cccc(NC(=O)/C(=C/c3ccc(Br)cc3)NC(=O)c3ccccc3)c2)sc2c1CCCC2. The lowest BCUT2D eigenvalue weighted by Gasteiger charge is -2.14. The van der Waals surface area contributed by atoms with Crippen molar-refractivity contribution < 1.29 is 23.9 Å². The second-order valence-corrected chi connectivity index (χ2v) is 14.0. The number of halogens is 1. The summed E-state index contributed by atoms with van der Waals surface area (Å²) in [6.45, 7) is 1.79. The minimum atomic E-state index is -0.506. The zero-order chi connectivity index (χ0) is 32.6. The highest BCUT2D eigenvalue weighted by molar-refractivity contribution is 9.10. The fraction of sp³-hybridized carbons (Fsp3) is 0.200. The fourth-order valence-corrected chi connectivity index (χ4v) is 7.43. The predicted octanol–water partition coefficient (Wildman–Crippen LogP) is 7.70. The van der Waals surface area contributed by atoms with E-state index in [-0.39, 0.29) is 11.6 Å². The summed E-state index contributed by atoms with van der Waals surface area (Å²) in [6, 6.07) is 23.2. The van der Waals surface area contributed by atoms with Gasteiger partial charge in [0.05, 0.1) is 17.9 Å². The Balaban J connectivity index is 1.29. The molecule has 3 aromatic carbocycles. The van der Waals surface area contributed by atoms with Crippen LogP contribution in [0.5, 0.6) is 0 Å². The lowest BCUT2D eigenvalue weighted by Crippen LogP contribution is -2.30. The van der Waals surface area contributed by atoms with Crippen molar-refractivity contribution in [2.75, 3.05) is 17.7 Å². The molecule has 0 fully saturated rings. The van der Waals surface area contributed by atoms with Crippen molar-refractivity contribution in [3.05, 3.63) is 116 Å². The highest BCUT2D eigenvalue weighted by Gasteiger charge is 2.28. The van der Waals surface area contributed by atoms with Crippen LogP contribution in [-0.2, 0) is 27.2 Å². The number of nitrogens with one attached hydrogen (secondary N) is 3. The van der Waals surface area contributed by atoms with E-state index in [0.29, 0.717) is 21.8 Å². The molecule has 236 valence electrons. The number of hydrogen-bond donors (Lipinski definition) is 3. The van der Waals surface area contributed by atoms with E-state index in [2.05, 4.69) is 31.9 Å². The molecule has 1 atom stereocenters. The Kier molecular flexibility index (Phi) is 11.1. The molecule has 46 heavy (non-hydrogen) atoms. The fourth-order valence-electron chi connectivity index (χ4n) is 4.96. The van der Waals surface area contributed by atoms with Crippen molar-refractivity contribution in [1.29, 1.82) is 0 Å². The van der Waals surface area contributed by atoms with Crippen LogP contribution in [0.25, 0.3) is 6.08 Å². The van der Waals surface area contributed by atoms with Gasteiger partial charge >= 0.3 is 5.97 Å². The molecule has 1 unspecified atom stereocenters. The standard InChI is InChI=1S/C35H32BrN3O5S2/c1-21(31(40)39-34-30(35(43)44-2)27-13-6-7-14-29(27)46-34)45-26-12-8-11-25(20-26)37-33(42)28(19-22-15-17-24(36)18-16-22)38-32(41)23-9-4-3-5-10-23/h3-5,8-12,15-21H,6-7,13-14H2,1-2H3,(H,37,42)(H,38,41)(H,39,40)/b28-19-. The molecular formula is C35H32BrN3O5S2. The van der Waals surface area contributed by atoms with Crippen molar-refractivity contribution in [2.45, 2.75) is 42.8 Å². The Bertz CT molecular complexity index is 1790. The molecule has 0 radical (unpaired) electrons. The number of thiophene rings is 1. The van der Waals surface area contributed by atoms with E-state index < -0.39 is 23.0 Å². The summed E-state index contributed by atoms with van der Waals surface area (Å²) in [7, 11) is 1.35. The molecule has 0 bridgehead atoms. The third-order valence-electron chi connectivity index (χ3n) is 7.28. The number of methoxy groups -OCH3 is 1. The van der Waals surface area contributed by atoms with Crippen LogP contribution in [0.15, 0.2) is 93.9 Å². The topological polar surface area (TPSA) is 114 Å². The Morgan fingerprint density at radius 3 is 2.41 bits per heavy atom. The monoisotopic (exact) mass is 717 g/mol. The first kappa shape index (κ1) is 33.2. The minimum absolute atomic E-state index is 0.0713. The predicted molar refractivity (Wildman–Crippen MR) is 187 cm³/mol. The maximum Gasteiger partial charge on any atom is 0.341 e. The Hall–Kier alpha value is -4.19. The van der Waals surface area contributed by atoms with Crippen LogP contribution in [0.1, 0.15) is 56.5 Å². The number of thioether (sulfide) groups is 1. The van der Waals surface area contributed by atoms with Gasteiger partial charge in [0.25, 0.3) is 11.8 Å². The number of amides is 3. The zero-order valence-corrected chi connectivity index (χ0v) is 28.4. The molecule has 0 saturated heterocycles. The van der Waals surface area contributed by atoms with Crippen molar-refractivity contribution in [1.82, 2.24) is 5.32 Å². The lowest BCUT2D eigenvalue weighted by atomic mass is 9.95. The molecular weight excluding hydrogens is 686 g/mol. The highest BCUT2D eigenvalue weighted by atomic mass is 79.9. The number of fused-ring (bicyclic) bond motifs is 1. The molecule has 4 aromatic rings. The molecule has 1 heterocycles. The minimum Gasteiger partial charge on any atom is -0.465 e. The van der Waals surface area contributed by atoms with Gasteiger partial charge in [0, 0.05) is 25.5 Å². The number of hydrogen-bond acceptors (Lipinski definition) is 7. The van der Waals surface area contributed by atoms with Gasteiger partial charge in [0.1, 0.15) is 10.7 Å². The van der Waals surface area contributed by atoms with Crippen LogP contribution in [0.3, 0.4) is 0 Å². The maximum absolute atomic E-state index is 13.5. The third-order valence-corrected chi connectivity index (χ3v) is 10.1. The molecule has 1 aliphatic carbocycles. The average Bonchev–Trinajstić information content (AvgIpc) is 3.43. The van der Waals surface area contributed by atoms with Gasteiger partial charge in [-0.25, -0.2) is 4.79 Å². The number of esters is 1. The van der Waals surface area contributed by atoms with E-state index in [1.807, 2.05) is 36.4 Å². The Labute approximate surface area is 284 Å². The average molecular weight is 719 g/mol. The smallest absolute Gasteiger partial charge is 0.341 e. The number of aryl methyl sites for hydroxylation is 1. The van der Waals surface area contributed by atoms with Gasteiger partial charge in [0.15, 0.2) is 0 Å². The Morgan fingerprint density at radius 2 is 1.67 bits per heavy atom. The lowest BCUT2D eigenvalue weighted by molar-refractivity contribution is -0.115.